The molecule has 4 rings (SSSR count). The highest BCUT2D eigenvalue weighted by Crippen LogP contribution is 2.28. The molecule has 6 heteroatoms. The fourth-order valence-corrected chi connectivity index (χ4v) is 3.92. The molecule has 4 heterocycles. The van der Waals surface area contributed by atoms with Gasteiger partial charge in [-0.05, 0) is 55.4 Å². The minimum Gasteiger partial charge on any atom is -0.352 e. The van der Waals surface area contributed by atoms with Crippen LogP contribution in [0.3, 0.4) is 0 Å². The first-order valence-electron chi connectivity index (χ1n) is 8.32. The van der Waals surface area contributed by atoms with Crippen molar-refractivity contribution >= 4 is 28.3 Å². The van der Waals surface area contributed by atoms with E-state index in [-0.39, 0.29) is 5.91 Å². The van der Waals surface area contributed by atoms with Crippen molar-refractivity contribution in [3.8, 4) is 10.6 Å². The van der Waals surface area contributed by atoms with E-state index in [9.17, 15) is 4.79 Å². The average molecular weight is 340 g/mol. The summed E-state index contributed by atoms with van der Waals surface area (Å²) in [6, 6.07) is 7.89. The Labute approximate surface area is 144 Å². The number of piperidine rings is 1. The highest BCUT2D eigenvalue weighted by atomic mass is 32.1. The molecule has 1 atom stereocenters. The average Bonchev–Trinajstić information content (AvgIpc) is 3.29. The molecule has 0 spiro atoms. The SMILES string of the molecule is O=C(NCC1CCCNC1)c1ccnc2[nH]c(-c3cccs3)cc12. The van der Waals surface area contributed by atoms with Gasteiger partial charge in [-0.25, -0.2) is 4.98 Å². The summed E-state index contributed by atoms with van der Waals surface area (Å²) in [7, 11) is 0. The summed E-state index contributed by atoms with van der Waals surface area (Å²) in [6.07, 6.45) is 4.04. The Morgan fingerprint density at radius 1 is 1.42 bits per heavy atom. The van der Waals surface area contributed by atoms with Crippen molar-refractivity contribution in [1.29, 1.82) is 0 Å². The first-order valence-corrected chi connectivity index (χ1v) is 9.20. The van der Waals surface area contributed by atoms with Crippen LogP contribution in [0.5, 0.6) is 0 Å². The Balaban J connectivity index is 1.55. The Morgan fingerprint density at radius 3 is 3.17 bits per heavy atom. The van der Waals surface area contributed by atoms with Gasteiger partial charge in [0, 0.05) is 18.1 Å². The lowest BCUT2D eigenvalue weighted by Crippen LogP contribution is -2.38. The second-order valence-corrected chi connectivity index (χ2v) is 7.15. The molecule has 3 aromatic heterocycles. The number of pyridine rings is 1. The van der Waals surface area contributed by atoms with E-state index < -0.39 is 0 Å². The molecule has 124 valence electrons. The Kier molecular flexibility index (Phi) is 4.32. The smallest absolute Gasteiger partial charge is 0.252 e. The lowest BCUT2D eigenvalue weighted by molar-refractivity contribution is 0.0946. The first-order chi connectivity index (χ1) is 11.8. The van der Waals surface area contributed by atoms with Gasteiger partial charge in [0.2, 0.25) is 0 Å². The van der Waals surface area contributed by atoms with Crippen LogP contribution in [0.25, 0.3) is 21.6 Å². The summed E-state index contributed by atoms with van der Waals surface area (Å²) in [6.45, 7) is 2.79. The molecule has 1 aliphatic heterocycles. The van der Waals surface area contributed by atoms with Crippen LogP contribution in [0.1, 0.15) is 23.2 Å². The second-order valence-electron chi connectivity index (χ2n) is 6.20. The third-order valence-corrected chi connectivity index (χ3v) is 5.42. The van der Waals surface area contributed by atoms with Crippen LogP contribution in [0.2, 0.25) is 0 Å². The third-order valence-electron chi connectivity index (χ3n) is 4.51. The summed E-state index contributed by atoms with van der Waals surface area (Å²) >= 11 is 1.67. The molecule has 0 aliphatic carbocycles. The standard InChI is InChI=1S/C18H20N4OS/c23-18(21-11-12-3-1-6-19-10-12)13-5-7-20-17-14(13)9-15(22-17)16-4-2-8-24-16/h2,4-5,7-9,12,19H,1,3,6,10-11H2,(H,20,22)(H,21,23). The molecule has 24 heavy (non-hydrogen) atoms. The summed E-state index contributed by atoms with van der Waals surface area (Å²) in [5.74, 6) is 0.498. The van der Waals surface area contributed by atoms with Crippen LogP contribution in [-0.4, -0.2) is 35.5 Å². The molecule has 0 aromatic carbocycles. The molecule has 1 fully saturated rings. The van der Waals surface area contributed by atoms with Gasteiger partial charge >= 0.3 is 0 Å². The van der Waals surface area contributed by atoms with Gasteiger partial charge in [0.15, 0.2) is 0 Å². The van der Waals surface area contributed by atoms with E-state index in [0.29, 0.717) is 11.5 Å². The van der Waals surface area contributed by atoms with E-state index in [1.165, 1.54) is 12.8 Å². The number of aromatic nitrogens is 2. The summed E-state index contributed by atoms with van der Waals surface area (Å²) in [4.78, 5) is 21.4. The number of nitrogens with zero attached hydrogens (tertiary/aromatic N) is 1. The van der Waals surface area contributed by atoms with E-state index in [0.717, 1.165) is 41.2 Å². The quantitative estimate of drug-likeness (QED) is 0.684. The topological polar surface area (TPSA) is 69.8 Å². The molecule has 0 radical (unpaired) electrons. The Hall–Kier alpha value is -2.18. The van der Waals surface area contributed by atoms with Crippen molar-refractivity contribution in [2.45, 2.75) is 12.8 Å². The van der Waals surface area contributed by atoms with E-state index in [1.807, 2.05) is 17.5 Å². The molecule has 1 unspecified atom stereocenters. The van der Waals surface area contributed by atoms with E-state index in [4.69, 9.17) is 0 Å². The lowest BCUT2D eigenvalue weighted by Gasteiger charge is -2.22. The van der Waals surface area contributed by atoms with Gasteiger partial charge in [-0.3, -0.25) is 4.79 Å². The number of rotatable bonds is 4. The van der Waals surface area contributed by atoms with Crippen LogP contribution in [-0.2, 0) is 0 Å². The van der Waals surface area contributed by atoms with Gasteiger partial charge < -0.3 is 15.6 Å². The van der Waals surface area contributed by atoms with Crippen molar-refractivity contribution in [2.75, 3.05) is 19.6 Å². The number of amides is 1. The number of thiophene rings is 1. The molecule has 3 N–H and O–H groups in total. The Bertz CT molecular complexity index is 834. The zero-order valence-corrected chi connectivity index (χ0v) is 14.2. The summed E-state index contributed by atoms with van der Waals surface area (Å²) in [5.41, 5.74) is 2.44. The highest BCUT2D eigenvalue weighted by Gasteiger charge is 2.17. The largest absolute Gasteiger partial charge is 0.352 e. The molecule has 3 aromatic rings. The van der Waals surface area contributed by atoms with Crippen LogP contribution in [0.15, 0.2) is 35.8 Å². The number of aromatic amines is 1. The van der Waals surface area contributed by atoms with Crippen molar-refractivity contribution < 1.29 is 4.79 Å². The maximum absolute atomic E-state index is 12.6. The normalized spacial score (nSPS) is 17.9. The minimum atomic E-state index is -0.0234. The van der Waals surface area contributed by atoms with E-state index in [1.54, 1.807) is 23.6 Å². The van der Waals surface area contributed by atoms with Gasteiger partial charge in [-0.2, -0.15) is 0 Å². The number of fused-ring (bicyclic) bond motifs is 1. The van der Waals surface area contributed by atoms with Crippen LogP contribution in [0.4, 0.5) is 0 Å². The minimum absolute atomic E-state index is 0.0234. The maximum atomic E-state index is 12.6. The lowest BCUT2D eigenvalue weighted by atomic mass is 9.99. The van der Waals surface area contributed by atoms with Crippen molar-refractivity contribution in [3.63, 3.8) is 0 Å². The van der Waals surface area contributed by atoms with Gasteiger partial charge in [-0.1, -0.05) is 6.07 Å². The zero-order chi connectivity index (χ0) is 16.4. The monoisotopic (exact) mass is 340 g/mol. The molecule has 5 nitrogen and oxygen atoms in total. The highest BCUT2D eigenvalue weighted by molar-refractivity contribution is 7.13. The molecule has 1 aliphatic rings. The second kappa shape index (κ2) is 6.75. The fourth-order valence-electron chi connectivity index (χ4n) is 3.22. The maximum Gasteiger partial charge on any atom is 0.252 e. The number of hydrogen-bond donors (Lipinski definition) is 3. The van der Waals surface area contributed by atoms with Crippen LogP contribution >= 0.6 is 11.3 Å². The number of hydrogen-bond acceptors (Lipinski definition) is 4. The Morgan fingerprint density at radius 2 is 2.38 bits per heavy atom. The van der Waals surface area contributed by atoms with Crippen molar-refractivity contribution in [3.05, 3.63) is 41.4 Å². The molecular weight excluding hydrogens is 320 g/mol. The summed E-state index contributed by atoms with van der Waals surface area (Å²) < 4.78 is 0. The first kappa shape index (κ1) is 15.4. The summed E-state index contributed by atoms with van der Waals surface area (Å²) in [5, 5.41) is 9.39. The van der Waals surface area contributed by atoms with Crippen LogP contribution < -0.4 is 10.6 Å². The molecule has 0 saturated carbocycles. The fraction of sp³-hybridized carbons (Fsp3) is 0.333. The zero-order valence-electron chi connectivity index (χ0n) is 13.3. The number of carbonyl (C=O) groups excluding carboxylic acids is 1. The van der Waals surface area contributed by atoms with Gasteiger partial charge in [0.05, 0.1) is 16.1 Å². The predicted octanol–water partition coefficient (Wildman–Crippen LogP) is 3.02. The van der Waals surface area contributed by atoms with Crippen LogP contribution in [0, 0.1) is 5.92 Å². The predicted molar refractivity (Wildman–Crippen MR) is 97.3 cm³/mol. The van der Waals surface area contributed by atoms with Gasteiger partial charge in [0.1, 0.15) is 5.65 Å². The van der Waals surface area contributed by atoms with Gasteiger partial charge in [-0.15, -0.1) is 11.3 Å². The number of nitrogens with one attached hydrogen (secondary N) is 3. The van der Waals surface area contributed by atoms with Crippen molar-refractivity contribution in [2.24, 2.45) is 5.92 Å². The third kappa shape index (κ3) is 3.07. The van der Waals surface area contributed by atoms with E-state index in [2.05, 4.69) is 26.7 Å². The van der Waals surface area contributed by atoms with Crippen molar-refractivity contribution in [1.82, 2.24) is 20.6 Å². The van der Waals surface area contributed by atoms with E-state index >= 15 is 0 Å². The van der Waals surface area contributed by atoms with Gasteiger partial charge in [0.25, 0.3) is 5.91 Å². The number of carbonyl (C=O) groups is 1. The molecule has 0 bridgehead atoms. The molecule has 1 saturated heterocycles. The molecular formula is C18H20N4OS. The number of H-pyrrole nitrogens is 1. The molecule has 1 amide bonds.